The third-order valence-electron chi connectivity index (χ3n) is 3.10. The highest BCUT2D eigenvalue weighted by Crippen LogP contribution is 2.39. The van der Waals surface area contributed by atoms with Crippen molar-refractivity contribution in [1.82, 2.24) is 0 Å². The Balaban J connectivity index is 2.45. The molecule has 0 bridgehead atoms. The van der Waals surface area contributed by atoms with Crippen molar-refractivity contribution < 1.29 is 35.2 Å². The van der Waals surface area contributed by atoms with Crippen LogP contribution in [0.4, 0.5) is 13.2 Å². The van der Waals surface area contributed by atoms with Crippen LogP contribution in [0.2, 0.25) is 0 Å². The lowest BCUT2D eigenvalue weighted by Gasteiger charge is -2.20. The summed E-state index contributed by atoms with van der Waals surface area (Å²) in [6.07, 6.45) is 2.18. The van der Waals surface area contributed by atoms with Gasteiger partial charge in [-0.05, 0) is 36.6 Å². The van der Waals surface area contributed by atoms with E-state index in [1.807, 2.05) is 0 Å². The predicted octanol–water partition coefficient (Wildman–Crippen LogP) is 2.86. The van der Waals surface area contributed by atoms with Crippen LogP contribution < -0.4 is 9.47 Å². The molecule has 0 atom stereocenters. The van der Waals surface area contributed by atoms with Crippen LogP contribution >= 0.6 is 0 Å². The third kappa shape index (κ3) is 2.99. The van der Waals surface area contributed by atoms with Gasteiger partial charge in [-0.15, -0.1) is 0 Å². The van der Waals surface area contributed by atoms with E-state index in [9.17, 15) is 21.6 Å². The van der Waals surface area contributed by atoms with Crippen LogP contribution in [0.15, 0.2) is 18.2 Å². The number of alkyl halides is 3. The van der Waals surface area contributed by atoms with E-state index in [1.54, 1.807) is 6.07 Å². The van der Waals surface area contributed by atoms with E-state index in [0.29, 0.717) is 24.2 Å². The summed E-state index contributed by atoms with van der Waals surface area (Å²) >= 11 is 0. The van der Waals surface area contributed by atoms with Gasteiger partial charge in [0.05, 0.1) is 14.2 Å². The lowest BCUT2D eigenvalue weighted by Crippen LogP contribution is -2.25. The van der Waals surface area contributed by atoms with E-state index in [4.69, 9.17) is 9.47 Å². The molecule has 0 radical (unpaired) electrons. The molecule has 9 heteroatoms. The highest BCUT2D eigenvalue weighted by atomic mass is 32.2. The molecule has 0 aromatic heterocycles. The van der Waals surface area contributed by atoms with Gasteiger partial charge in [-0.3, -0.25) is 0 Å². The Morgan fingerprint density at radius 1 is 1.09 bits per heavy atom. The second kappa shape index (κ2) is 5.71. The summed E-state index contributed by atoms with van der Waals surface area (Å²) < 4.78 is 74.1. The lowest BCUT2D eigenvalue weighted by atomic mass is 9.95. The minimum absolute atomic E-state index is 0.233. The van der Waals surface area contributed by atoms with E-state index in [-0.39, 0.29) is 17.1 Å². The van der Waals surface area contributed by atoms with Crippen LogP contribution in [0.1, 0.15) is 17.5 Å². The molecule has 0 N–H and O–H groups in total. The molecule has 1 aliphatic rings. The quantitative estimate of drug-likeness (QED) is 0.624. The van der Waals surface area contributed by atoms with Crippen LogP contribution in [-0.4, -0.2) is 28.1 Å². The summed E-state index contributed by atoms with van der Waals surface area (Å²) in [5, 5.41) is 0. The predicted molar refractivity (Wildman–Crippen MR) is 71.9 cm³/mol. The summed E-state index contributed by atoms with van der Waals surface area (Å²) in [6.45, 7) is 0. The molecule has 0 aliphatic heterocycles. The van der Waals surface area contributed by atoms with Crippen molar-refractivity contribution in [2.45, 2.75) is 18.3 Å². The monoisotopic (exact) mass is 338 g/mol. The van der Waals surface area contributed by atoms with Gasteiger partial charge < -0.3 is 13.7 Å². The van der Waals surface area contributed by atoms with E-state index < -0.39 is 15.6 Å². The summed E-state index contributed by atoms with van der Waals surface area (Å²) in [5.74, 6) is 0.308. The van der Waals surface area contributed by atoms with Gasteiger partial charge in [0, 0.05) is 5.56 Å². The Hall–Kier alpha value is -1.90. The van der Waals surface area contributed by atoms with Crippen LogP contribution in [0.3, 0.4) is 0 Å². The molecule has 1 aliphatic carbocycles. The fraction of sp³-hybridized carbons (Fsp3) is 0.385. The molecule has 1 aromatic carbocycles. The summed E-state index contributed by atoms with van der Waals surface area (Å²) in [7, 11) is -2.93. The molecule has 0 amide bonds. The Labute approximate surface area is 125 Å². The summed E-state index contributed by atoms with van der Waals surface area (Å²) in [5.41, 5.74) is -4.63. The smallest absolute Gasteiger partial charge is 0.493 e. The molecule has 5 nitrogen and oxygen atoms in total. The molecule has 1 aromatic rings. The first-order valence-electron chi connectivity index (χ1n) is 6.16. The van der Waals surface area contributed by atoms with Gasteiger partial charge in [0.25, 0.3) is 0 Å². The van der Waals surface area contributed by atoms with Crippen LogP contribution in [0.5, 0.6) is 11.5 Å². The minimum atomic E-state index is -5.72. The van der Waals surface area contributed by atoms with Crippen molar-refractivity contribution >= 4 is 15.9 Å². The second-order valence-corrected chi connectivity index (χ2v) is 5.99. The number of allylic oxidation sites excluding steroid dienone is 1. The number of rotatable bonds is 4. The highest BCUT2D eigenvalue weighted by Gasteiger charge is 2.49. The SMILES string of the molecule is COc1cc2c(cc1OC)C(OS(=O)(=O)C(F)(F)F)=CCC2. The Morgan fingerprint density at radius 2 is 1.68 bits per heavy atom. The topological polar surface area (TPSA) is 61.8 Å². The minimum Gasteiger partial charge on any atom is -0.493 e. The highest BCUT2D eigenvalue weighted by molar-refractivity contribution is 7.87. The van der Waals surface area contributed by atoms with Crippen LogP contribution in [0, 0.1) is 0 Å². The normalized spacial score (nSPS) is 14.9. The molecule has 2 rings (SSSR count). The fourth-order valence-corrected chi connectivity index (χ4v) is 2.56. The maximum absolute atomic E-state index is 12.4. The molecule has 22 heavy (non-hydrogen) atoms. The summed E-state index contributed by atoms with van der Waals surface area (Å²) in [6, 6.07) is 2.98. The van der Waals surface area contributed by atoms with Crippen molar-refractivity contribution in [3.8, 4) is 11.5 Å². The van der Waals surface area contributed by atoms with Gasteiger partial charge in [-0.25, -0.2) is 0 Å². The number of fused-ring (bicyclic) bond motifs is 1. The van der Waals surface area contributed by atoms with Crippen LogP contribution in [0.25, 0.3) is 5.76 Å². The lowest BCUT2D eigenvalue weighted by molar-refractivity contribution is -0.0509. The van der Waals surface area contributed by atoms with Gasteiger partial charge >= 0.3 is 15.6 Å². The molecular formula is C13H13F3O5S. The van der Waals surface area contributed by atoms with Gasteiger partial charge in [-0.2, -0.15) is 21.6 Å². The van der Waals surface area contributed by atoms with Gasteiger partial charge in [-0.1, -0.05) is 0 Å². The number of ether oxygens (including phenoxy) is 2. The maximum atomic E-state index is 12.4. The molecule has 0 unspecified atom stereocenters. The number of halogens is 3. The molecule has 0 saturated carbocycles. The first kappa shape index (κ1) is 16.5. The Morgan fingerprint density at radius 3 is 2.23 bits per heavy atom. The van der Waals surface area contributed by atoms with Crippen molar-refractivity contribution in [3.63, 3.8) is 0 Å². The number of methoxy groups -OCH3 is 2. The van der Waals surface area contributed by atoms with Crippen molar-refractivity contribution in [1.29, 1.82) is 0 Å². The Bertz CT molecular complexity index is 707. The molecule has 0 spiro atoms. The zero-order valence-electron chi connectivity index (χ0n) is 11.7. The van der Waals surface area contributed by atoms with Gasteiger partial charge in [0.2, 0.25) is 0 Å². The largest absolute Gasteiger partial charge is 0.534 e. The van der Waals surface area contributed by atoms with Gasteiger partial charge in [0.15, 0.2) is 11.5 Å². The second-order valence-electron chi connectivity index (χ2n) is 4.45. The van der Waals surface area contributed by atoms with Crippen molar-refractivity contribution in [2.75, 3.05) is 14.2 Å². The van der Waals surface area contributed by atoms with E-state index in [1.165, 1.54) is 26.4 Å². The molecule has 0 saturated heterocycles. The van der Waals surface area contributed by atoms with E-state index in [0.717, 1.165) is 0 Å². The van der Waals surface area contributed by atoms with Crippen molar-refractivity contribution in [3.05, 3.63) is 29.3 Å². The average molecular weight is 338 g/mol. The number of aryl methyl sites for hydroxylation is 1. The van der Waals surface area contributed by atoms with Crippen LogP contribution in [-0.2, 0) is 20.7 Å². The average Bonchev–Trinajstić information content (AvgIpc) is 2.44. The first-order chi connectivity index (χ1) is 10.2. The number of benzene rings is 1. The standard InChI is InChI=1S/C13H13F3O5S/c1-19-11-6-8-4-3-5-10(9(8)7-12(11)20-2)21-22(17,18)13(14,15)16/h5-7H,3-4H2,1-2H3. The molecule has 0 heterocycles. The number of hydrogen-bond acceptors (Lipinski definition) is 5. The molecular weight excluding hydrogens is 325 g/mol. The first-order valence-corrected chi connectivity index (χ1v) is 7.56. The fourth-order valence-electron chi connectivity index (χ4n) is 2.07. The molecule has 122 valence electrons. The van der Waals surface area contributed by atoms with E-state index in [2.05, 4.69) is 4.18 Å². The third-order valence-corrected chi connectivity index (χ3v) is 4.07. The zero-order chi connectivity index (χ0) is 16.5. The maximum Gasteiger partial charge on any atom is 0.534 e. The van der Waals surface area contributed by atoms with E-state index >= 15 is 0 Å². The summed E-state index contributed by atoms with van der Waals surface area (Å²) in [4.78, 5) is 0. The number of hydrogen-bond donors (Lipinski definition) is 0. The Kier molecular flexibility index (Phi) is 4.28. The molecule has 0 fully saturated rings. The van der Waals surface area contributed by atoms with Crippen molar-refractivity contribution in [2.24, 2.45) is 0 Å². The zero-order valence-corrected chi connectivity index (χ0v) is 12.5. The van der Waals surface area contributed by atoms with Gasteiger partial charge in [0.1, 0.15) is 5.76 Å².